The monoisotopic (exact) mass is 498 g/mol. The zero-order chi connectivity index (χ0) is 24.9. The van der Waals surface area contributed by atoms with Crippen molar-refractivity contribution in [2.24, 2.45) is 0 Å². The molecule has 2 amide bonds. The SMILES string of the molecule is CCC1SCC(C(=O)O)N1C(=O)C(CCOC)NC(=O)OCC1c2ccccc2-c2ccccc21. The van der Waals surface area contributed by atoms with Gasteiger partial charge >= 0.3 is 12.1 Å². The van der Waals surface area contributed by atoms with E-state index in [4.69, 9.17) is 9.47 Å². The number of alkyl carbamates (subject to hydrolysis) is 1. The maximum atomic E-state index is 13.4. The van der Waals surface area contributed by atoms with Gasteiger partial charge in [-0.15, -0.1) is 11.8 Å². The molecule has 0 aromatic heterocycles. The Morgan fingerprint density at radius 2 is 1.74 bits per heavy atom. The first kappa shape index (κ1) is 25.1. The van der Waals surface area contributed by atoms with Crippen molar-refractivity contribution in [3.8, 4) is 11.1 Å². The van der Waals surface area contributed by atoms with Crippen LogP contribution in [0.5, 0.6) is 0 Å². The number of hydrogen-bond donors (Lipinski definition) is 2. The van der Waals surface area contributed by atoms with Gasteiger partial charge in [0.25, 0.3) is 0 Å². The molecule has 2 aromatic rings. The highest BCUT2D eigenvalue weighted by molar-refractivity contribution is 8.00. The first-order valence-electron chi connectivity index (χ1n) is 11.7. The van der Waals surface area contributed by atoms with Crippen LogP contribution in [0.25, 0.3) is 11.1 Å². The Bertz CT molecular complexity index is 1050. The number of carbonyl (C=O) groups excluding carboxylic acids is 2. The molecule has 3 atom stereocenters. The number of carboxylic acids is 1. The number of nitrogens with zero attached hydrogens (tertiary/aromatic N) is 1. The maximum absolute atomic E-state index is 13.4. The summed E-state index contributed by atoms with van der Waals surface area (Å²) in [5, 5.41) is 12.0. The van der Waals surface area contributed by atoms with Gasteiger partial charge in [-0.05, 0) is 28.7 Å². The van der Waals surface area contributed by atoms with Gasteiger partial charge in [0.05, 0.1) is 5.37 Å². The largest absolute Gasteiger partial charge is 0.480 e. The fraction of sp³-hybridized carbons (Fsp3) is 0.423. The summed E-state index contributed by atoms with van der Waals surface area (Å²) in [6.07, 6.45) is 0.110. The normalized spacial score (nSPS) is 19.7. The molecule has 1 saturated heterocycles. The molecule has 0 saturated carbocycles. The van der Waals surface area contributed by atoms with Crippen LogP contribution in [0, 0.1) is 0 Å². The zero-order valence-electron chi connectivity index (χ0n) is 19.8. The lowest BCUT2D eigenvalue weighted by Gasteiger charge is -2.30. The van der Waals surface area contributed by atoms with Crippen molar-refractivity contribution in [2.45, 2.75) is 43.1 Å². The molecule has 4 rings (SSSR count). The third kappa shape index (κ3) is 5.16. The molecule has 3 unspecified atom stereocenters. The first-order chi connectivity index (χ1) is 17.0. The van der Waals surface area contributed by atoms with E-state index in [-0.39, 0.29) is 30.9 Å². The Morgan fingerprint density at radius 1 is 1.11 bits per heavy atom. The predicted octanol–water partition coefficient (Wildman–Crippen LogP) is 3.69. The fourth-order valence-corrected chi connectivity index (χ4v) is 6.17. The van der Waals surface area contributed by atoms with Crippen molar-refractivity contribution in [1.82, 2.24) is 10.2 Å². The van der Waals surface area contributed by atoms with Crippen molar-refractivity contribution >= 4 is 29.7 Å². The highest BCUT2D eigenvalue weighted by atomic mass is 32.2. The Morgan fingerprint density at radius 3 is 2.31 bits per heavy atom. The number of hydrogen-bond acceptors (Lipinski definition) is 6. The van der Waals surface area contributed by atoms with E-state index in [2.05, 4.69) is 17.4 Å². The second kappa shape index (κ2) is 11.1. The Kier molecular flexibility index (Phi) is 7.97. The topological polar surface area (TPSA) is 105 Å². The highest BCUT2D eigenvalue weighted by Gasteiger charge is 2.43. The molecule has 0 bridgehead atoms. The van der Waals surface area contributed by atoms with Gasteiger partial charge < -0.3 is 24.8 Å². The number of amides is 2. The van der Waals surface area contributed by atoms with Crippen LogP contribution in [0.3, 0.4) is 0 Å². The van der Waals surface area contributed by atoms with E-state index in [1.165, 1.54) is 23.8 Å². The van der Waals surface area contributed by atoms with E-state index in [0.29, 0.717) is 12.2 Å². The fourth-order valence-electron chi connectivity index (χ4n) is 4.82. The third-order valence-electron chi connectivity index (χ3n) is 6.53. The summed E-state index contributed by atoms with van der Waals surface area (Å²) < 4.78 is 10.7. The molecule has 1 aliphatic carbocycles. The second-order valence-corrected chi connectivity index (χ2v) is 9.81. The molecular weight excluding hydrogens is 468 g/mol. The molecule has 1 fully saturated rings. The lowest BCUT2D eigenvalue weighted by atomic mass is 9.98. The molecule has 1 aliphatic heterocycles. The van der Waals surface area contributed by atoms with Crippen molar-refractivity contribution in [1.29, 1.82) is 0 Å². The van der Waals surface area contributed by atoms with Crippen LogP contribution >= 0.6 is 11.8 Å². The average Bonchev–Trinajstić information content (AvgIpc) is 3.44. The molecule has 2 aliphatic rings. The van der Waals surface area contributed by atoms with Crippen LogP contribution < -0.4 is 5.32 Å². The summed E-state index contributed by atoms with van der Waals surface area (Å²) in [7, 11) is 1.51. The molecule has 0 spiro atoms. The van der Waals surface area contributed by atoms with Crippen LogP contribution in [-0.2, 0) is 19.1 Å². The van der Waals surface area contributed by atoms with Crippen molar-refractivity contribution in [2.75, 3.05) is 26.1 Å². The standard InChI is InChI=1S/C26H30N2O6S/c1-3-23-28(22(15-35-23)25(30)31)24(29)21(12-13-33-2)27-26(32)34-14-20-18-10-6-4-8-16(18)17-9-5-7-11-19(17)20/h4-11,20-23H,3,12-15H2,1-2H3,(H,27,32)(H,30,31). The number of methoxy groups -OCH3 is 1. The van der Waals surface area contributed by atoms with Gasteiger partial charge in [0.1, 0.15) is 18.7 Å². The third-order valence-corrected chi connectivity index (χ3v) is 7.98. The predicted molar refractivity (Wildman–Crippen MR) is 133 cm³/mol. The molecule has 9 heteroatoms. The van der Waals surface area contributed by atoms with Crippen molar-refractivity contribution in [3.05, 3.63) is 59.7 Å². The molecule has 35 heavy (non-hydrogen) atoms. The van der Waals surface area contributed by atoms with Gasteiger partial charge in [0.15, 0.2) is 0 Å². The highest BCUT2D eigenvalue weighted by Crippen LogP contribution is 2.44. The van der Waals surface area contributed by atoms with Crippen LogP contribution in [0.2, 0.25) is 0 Å². The zero-order valence-corrected chi connectivity index (χ0v) is 20.6. The number of fused-ring (bicyclic) bond motifs is 3. The average molecular weight is 499 g/mol. The summed E-state index contributed by atoms with van der Waals surface area (Å²) in [5.41, 5.74) is 4.44. The van der Waals surface area contributed by atoms with Crippen LogP contribution in [0.15, 0.2) is 48.5 Å². The lowest BCUT2D eigenvalue weighted by Crippen LogP contribution is -2.54. The number of nitrogens with one attached hydrogen (secondary N) is 1. The molecule has 0 radical (unpaired) electrons. The minimum atomic E-state index is -1.05. The molecule has 2 N–H and O–H groups in total. The van der Waals surface area contributed by atoms with Gasteiger partial charge in [-0.2, -0.15) is 0 Å². The minimum Gasteiger partial charge on any atom is -0.480 e. The Hall–Kier alpha value is -3.04. The van der Waals surface area contributed by atoms with Gasteiger partial charge in [0, 0.05) is 31.8 Å². The molecule has 186 valence electrons. The number of ether oxygens (including phenoxy) is 2. The first-order valence-corrected chi connectivity index (χ1v) is 12.8. The summed E-state index contributed by atoms with van der Waals surface area (Å²) in [4.78, 5) is 39.3. The molecule has 2 aromatic carbocycles. The van der Waals surface area contributed by atoms with Crippen molar-refractivity contribution < 1.29 is 29.0 Å². The van der Waals surface area contributed by atoms with E-state index in [9.17, 15) is 19.5 Å². The van der Waals surface area contributed by atoms with Crippen molar-refractivity contribution in [3.63, 3.8) is 0 Å². The summed E-state index contributed by atoms with van der Waals surface area (Å²) in [6.45, 7) is 2.26. The van der Waals surface area contributed by atoms with E-state index in [1.54, 1.807) is 0 Å². The van der Waals surface area contributed by atoms with Crippen LogP contribution in [0.1, 0.15) is 36.8 Å². The summed E-state index contributed by atoms with van der Waals surface area (Å²) in [5.74, 6) is -1.26. The van der Waals surface area contributed by atoms with Crippen LogP contribution in [0.4, 0.5) is 4.79 Å². The molecule has 1 heterocycles. The van der Waals surface area contributed by atoms with E-state index >= 15 is 0 Å². The van der Waals surface area contributed by atoms with Gasteiger partial charge in [-0.25, -0.2) is 9.59 Å². The number of aliphatic carboxylic acids is 1. The molecular formula is C26H30N2O6S. The number of thioether (sulfide) groups is 1. The Balaban J connectivity index is 1.46. The second-order valence-electron chi connectivity index (χ2n) is 8.60. The smallest absolute Gasteiger partial charge is 0.407 e. The van der Waals surface area contributed by atoms with E-state index in [0.717, 1.165) is 22.3 Å². The summed E-state index contributed by atoms with van der Waals surface area (Å²) >= 11 is 1.44. The lowest BCUT2D eigenvalue weighted by molar-refractivity contribution is -0.150. The minimum absolute atomic E-state index is 0.0999. The number of carbonyl (C=O) groups is 3. The number of carboxylic acid groups (broad SMARTS) is 1. The quantitative estimate of drug-likeness (QED) is 0.543. The van der Waals surface area contributed by atoms with Gasteiger partial charge in [0.2, 0.25) is 5.91 Å². The van der Waals surface area contributed by atoms with Gasteiger partial charge in [-0.1, -0.05) is 55.5 Å². The van der Waals surface area contributed by atoms with Gasteiger partial charge in [-0.3, -0.25) is 4.79 Å². The van der Waals surface area contributed by atoms with E-state index in [1.807, 2.05) is 43.3 Å². The van der Waals surface area contributed by atoms with Crippen LogP contribution in [-0.4, -0.2) is 71.5 Å². The summed E-state index contributed by atoms with van der Waals surface area (Å²) in [6, 6.07) is 14.2. The number of benzene rings is 2. The molecule has 8 nitrogen and oxygen atoms in total. The maximum Gasteiger partial charge on any atom is 0.407 e. The Labute approximate surface area is 209 Å². The van der Waals surface area contributed by atoms with E-state index < -0.39 is 30.1 Å². The number of rotatable bonds is 9.